The van der Waals surface area contributed by atoms with E-state index in [9.17, 15) is 10.1 Å². The van der Waals surface area contributed by atoms with Gasteiger partial charge >= 0.3 is 0 Å². The van der Waals surface area contributed by atoms with E-state index >= 15 is 0 Å². The third-order valence-corrected chi connectivity index (χ3v) is 3.35. The number of thioether (sulfide) groups is 1. The summed E-state index contributed by atoms with van der Waals surface area (Å²) in [7, 11) is 0. The lowest BCUT2D eigenvalue weighted by atomic mass is 10.1. The highest BCUT2D eigenvalue weighted by Gasteiger charge is 2.11. The van der Waals surface area contributed by atoms with E-state index in [-0.39, 0.29) is 16.1 Å². The lowest BCUT2D eigenvalue weighted by molar-refractivity contribution is -0.384. The van der Waals surface area contributed by atoms with Crippen molar-refractivity contribution in [1.82, 2.24) is 0 Å². The van der Waals surface area contributed by atoms with Crippen LogP contribution in [0.15, 0.2) is 24.3 Å². The fraction of sp³-hybridized carbons (Fsp3) is 0.455. The molecule has 0 atom stereocenters. The first kappa shape index (κ1) is 13.0. The van der Waals surface area contributed by atoms with E-state index in [4.69, 9.17) is 5.73 Å². The van der Waals surface area contributed by atoms with Gasteiger partial charge in [-0.25, -0.2) is 0 Å². The Morgan fingerprint density at radius 1 is 1.50 bits per heavy atom. The van der Waals surface area contributed by atoms with Gasteiger partial charge in [0.15, 0.2) is 0 Å². The van der Waals surface area contributed by atoms with Crippen LogP contribution in [0.2, 0.25) is 0 Å². The average molecular weight is 240 g/mol. The number of non-ortho nitro benzene ring substituents is 1. The van der Waals surface area contributed by atoms with Crippen LogP contribution in [0.1, 0.15) is 19.4 Å². The Morgan fingerprint density at radius 2 is 2.19 bits per heavy atom. The highest BCUT2D eigenvalue weighted by molar-refractivity contribution is 7.98. The molecule has 1 aromatic rings. The molecule has 5 heteroatoms. The van der Waals surface area contributed by atoms with Gasteiger partial charge in [0.25, 0.3) is 5.69 Å². The Balaban J connectivity index is 2.55. The number of nitro benzene ring substituents is 1. The minimum absolute atomic E-state index is 0.144. The molecule has 0 saturated heterocycles. The molecule has 0 aliphatic rings. The van der Waals surface area contributed by atoms with Crippen molar-refractivity contribution in [1.29, 1.82) is 0 Å². The molecule has 4 nitrogen and oxygen atoms in total. The van der Waals surface area contributed by atoms with Crippen molar-refractivity contribution in [2.75, 3.05) is 5.75 Å². The Bertz CT molecular complexity index is 374. The zero-order chi connectivity index (χ0) is 12.2. The van der Waals surface area contributed by atoms with E-state index in [1.54, 1.807) is 23.9 Å². The first-order valence-corrected chi connectivity index (χ1v) is 6.14. The van der Waals surface area contributed by atoms with E-state index in [2.05, 4.69) is 0 Å². The number of rotatable bonds is 5. The van der Waals surface area contributed by atoms with Crippen molar-refractivity contribution in [2.45, 2.75) is 25.1 Å². The van der Waals surface area contributed by atoms with Crippen LogP contribution in [0.4, 0.5) is 5.69 Å². The highest BCUT2D eigenvalue weighted by atomic mass is 32.2. The first-order chi connectivity index (χ1) is 7.38. The van der Waals surface area contributed by atoms with Gasteiger partial charge in [-0.2, -0.15) is 11.8 Å². The number of nitrogens with zero attached hydrogens (tertiary/aromatic N) is 1. The molecule has 0 amide bonds. The topological polar surface area (TPSA) is 69.2 Å². The van der Waals surface area contributed by atoms with E-state index < -0.39 is 0 Å². The van der Waals surface area contributed by atoms with Gasteiger partial charge in [-0.1, -0.05) is 12.1 Å². The van der Waals surface area contributed by atoms with Gasteiger partial charge in [-0.15, -0.1) is 0 Å². The molecular formula is C11H16N2O2S. The van der Waals surface area contributed by atoms with E-state index in [0.29, 0.717) is 0 Å². The normalized spacial score (nSPS) is 11.4. The van der Waals surface area contributed by atoms with Gasteiger partial charge in [0, 0.05) is 29.2 Å². The quantitative estimate of drug-likeness (QED) is 0.634. The van der Waals surface area contributed by atoms with Crippen molar-refractivity contribution >= 4 is 17.4 Å². The van der Waals surface area contributed by atoms with Gasteiger partial charge in [-0.05, 0) is 19.4 Å². The molecular weight excluding hydrogens is 224 g/mol. The minimum Gasteiger partial charge on any atom is -0.325 e. The summed E-state index contributed by atoms with van der Waals surface area (Å²) < 4.78 is 0. The number of benzene rings is 1. The summed E-state index contributed by atoms with van der Waals surface area (Å²) in [5, 5.41) is 10.6. The fourth-order valence-electron chi connectivity index (χ4n) is 1.19. The summed E-state index contributed by atoms with van der Waals surface area (Å²) in [5.74, 6) is 1.58. The number of hydrogen-bond donors (Lipinski definition) is 1. The Labute approximate surface area is 99.4 Å². The number of hydrogen-bond acceptors (Lipinski definition) is 4. The second-order valence-corrected chi connectivity index (χ2v) is 5.39. The monoisotopic (exact) mass is 240 g/mol. The number of nitro groups is 1. The minimum atomic E-state index is -0.374. The van der Waals surface area contributed by atoms with Crippen molar-refractivity contribution < 1.29 is 4.92 Å². The van der Waals surface area contributed by atoms with Crippen LogP contribution >= 0.6 is 11.8 Å². The van der Waals surface area contributed by atoms with Crippen molar-refractivity contribution in [3.05, 3.63) is 39.9 Å². The molecule has 0 unspecified atom stereocenters. The molecule has 0 saturated carbocycles. The molecule has 1 rings (SSSR count). The molecule has 2 N–H and O–H groups in total. The maximum absolute atomic E-state index is 10.6. The van der Waals surface area contributed by atoms with Crippen molar-refractivity contribution in [3.63, 3.8) is 0 Å². The Kier molecular flexibility index (Phi) is 4.32. The zero-order valence-electron chi connectivity index (χ0n) is 9.47. The van der Waals surface area contributed by atoms with Gasteiger partial charge < -0.3 is 5.73 Å². The van der Waals surface area contributed by atoms with Crippen LogP contribution in [-0.2, 0) is 5.75 Å². The summed E-state index contributed by atoms with van der Waals surface area (Å²) >= 11 is 1.69. The molecule has 0 aromatic heterocycles. The molecule has 0 aliphatic heterocycles. The van der Waals surface area contributed by atoms with Crippen LogP contribution in [0.3, 0.4) is 0 Å². The summed E-state index contributed by atoms with van der Waals surface area (Å²) in [6, 6.07) is 6.71. The molecule has 88 valence electrons. The maximum atomic E-state index is 10.6. The van der Waals surface area contributed by atoms with Gasteiger partial charge in [0.1, 0.15) is 0 Å². The Hall–Kier alpha value is -1.07. The van der Waals surface area contributed by atoms with Crippen LogP contribution in [-0.4, -0.2) is 16.2 Å². The third-order valence-electron chi connectivity index (χ3n) is 1.86. The van der Waals surface area contributed by atoms with E-state index in [1.165, 1.54) is 6.07 Å². The van der Waals surface area contributed by atoms with Crippen molar-refractivity contribution in [3.8, 4) is 0 Å². The van der Waals surface area contributed by atoms with Gasteiger partial charge in [0.05, 0.1) is 4.92 Å². The molecule has 0 aliphatic carbocycles. The summed E-state index contributed by atoms with van der Waals surface area (Å²) in [5.41, 5.74) is 6.75. The zero-order valence-corrected chi connectivity index (χ0v) is 10.3. The molecule has 0 radical (unpaired) electrons. The molecule has 0 spiro atoms. The highest BCUT2D eigenvalue weighted by Crippen LogP contribution is 2.19. The van der Waals surface area contributed by atoms with Gasteiger partial charge in [0.2, 0.25) is 0 Å². The smallest absolute Gasteiger partial charge is 0.269 e. The summed E-state index contributed by atoms with van der Waals surface area (Å²) in [6.07, 6.45) is 0. The fourth-order valence-corrected chi connectivity index (χ4v) is 2.24. The van der Waals surface area contributed by atoms with Crippen LogP contribution < -0.4 is 5.73 Å². The van der Waals surface area contributed by atoms with Crippen LogP contribution in [0, 0.1) is 10.1 Å². The number of nitrogens with two attached hydrogens (primary N) is 1. The lowest BCUT2D eigenvalue weighted by Gasteiger charge is -2.17. The molecule has 0 fully saturated rings. The molecule has 0 bridgehead atoms. The average Bonchev–Trinajstić information content (AvgIpc) is 2.16. The molecule has 1 aromatic carbocycles. The SMILES string of the molecule is CC(C)(N)CSCc1cccc([N+](=O)[O-])c1. The van der Waals surface area contributed by atoms with E-state index in [1.807, 2.05) is 19.9 Å². The van der Waals surface area contributed by atoms with Crippen LogP contribution in [0.25, 0.3) is 0 Å². The van der Waals surface area contributed by atoms with E-state index in [0.717, 1.165) is 17.1 Å². The maximum Gasteiger partial charge on any atom is 0.269 e. The third kappa shape index (κ3) is 4.63. The van der Waals surface area contributed by atoms with Crippen molar-refractivity contribution in [2.24, 2.45) is 5.73 Å². The lowest BCUT2D eigenvalue weighted by Crippen LogP contribution is -2.34. The second kappa shape index (κ2) is 5.32. The summed E-state index contributed by atoms with van der Waals surface area (Å²) in [6.45, 7) is 3.93. The predicted molar refractivity (Wildman–Crippen MR) is 67.5 cm³/mol. The summed E-state index contributed by atoms with van der Waals surface area (Å²) in [4.78, 5) is 10.2. The van der Waals surface area contributed by atoms with Crippen LogP contribution in [0.5, 0.6) is 0 Å². The second-order valence-electron chi connectivity index (χ2n) is 4.41. The molecule has 0 heterocycles. The largest absolute Gasteiger partial charge is 0.325 e. The predicted octanol–water partition coefficient (Wildman–Crippen LogP) is 2.57. The Morgan fingerprint density at radius 3 is 2.75 bits per heavy atom. The first-order valence-electron chi connectivity index (χ1n) is 4.98. The van der Waals surface area contributed by atoms with Gasteiger partial charge in [-0.3, -0.25) is 10.1 Å². The molecule has 16 heavy (non-hydrogen) atoms. The standard InChI is InChI=1S/C11H16N2O2S/c1-11(2,12)8-16-7-9-4-3-5-10(6-9)13(14)15/h3-6H,7-8,12H2,1-2H3.